The molecule has 1 N–H and O–H groups in total. The Labute approximate surface area is 131 Å². The first-order valence-corrected chi connectivity index (χ1v) is 7.69. The second-order valence-electron chi connectivity index (χ2n) is 6.34. The van der Waals surface area contributed by atoms with Crippen LogP contribution in [0.1, 0.15) is 59.6 Å². The van der Waals surface area contributed by atoms with E-state index in [0.717, 1.165) is 19.3 Å². The molecule has 124 valence electrons. The van der Waals surface area contributed by atoms with E-state index in [4.69, 9.17) is 9.15 Å². The Morgan fingerprint density at radius 2 is 2.09 bits per heavy atom. The van der Waals surface area contributed by atoms with Crippen molar-refractivity contribution in [3.8, 4) is 0 Å². The molecule has 0 saturated heterocycles. The van der Waals surface area contributed by atoms with Gasteiger partial charge in [0.2, 0.25) is 5.91 Å². The molecule has 1 heterocycles. The Bertz CT molecular complexity index is 506. The summed E-state index contributed by atoms with van der Waals surface area (Å²) in [6.45, 7) is 9.41. The van der Waals surface area contributed by atoms with Crippen LogP contribution in [-0.4, -0.2) is 16.9 Å². The summed E-state index contributed by atoms with van der Waals surface area (Å²) in [5, 5.41) is 2.66. The Kier molecular flexibility index (Phi) is 6.59. The van der Waals surface area contributed by atoms with Crippen molar-refractivity contribution in [3.05, 3.63) is 12.0 Å². The summed E-state index contributed by atoms with van der Waals surface area (Å²) in [6, 6.07) is 0.130. The Balaban J connectivity index is 2.54. The molecule has 0 aliphatic carbocycles. The monoisotopic (exact) mass is 310 g/mol. The molecule has 0 atom stereocenters. The van der Waals surface area contributed by atoms with Gasteiger partial charge in [-0.25, -0.2) is 4.98 Å². The van der Waals surface area contributed by atoms with Crippen LogP contribution in [0.4, 0.5) is 6.01 Å². The molecule has 0 aromatic carbocycles. The number of carbonyl (C=O) groups is 2. The first kappa shape index (κ1) is 18.2. The number of rotatable bonds is 8. The maximum Gasteiger partial charge on any atom is 0.308 e. The molecule has 6 heteroatoms. The summed E-state index contributed by atoms with van der Waals surface area (Å²) in [5.74, 6) is -0.228. The molecule has 1 aromatic heterocycles. The lowest BCUT2D eigenvalue weighted by molar-refractivity contribution is -0.149. The maximum atomic E-state index is 12.2. The van der Waals surface area contributed by atoms with Crippen LogP contribution in [0.3, 0.4) is 0 Å². The minimum absolute atomic E-state index is 0.0130. The number of amides is 1. The van der Waals surface area contributed by atoms with Crippen LogP contribution < -0.4 is 5.32 Å². The standard InChI is InChI=1S/C16H26N2O4/c1-6-7-8-16(4,5)14(20)18-15-17-9-12(22-15)10-21-13(19)11(2)3/h9,11H,6-8,10H2,1-5H3,(H,17,18,20). The molecule has 0 fully saturated rings. The van der Waals surface area contributed by atoms with Gasteiger partial charge in [-0.15, -0.1) is 0 Å². The van der Waals surface area contributed by atoms with Gasteiger partial charge in [0.1, 0.15) is 0 Å². The Morgan fingerprint density at radius 1 is 1.41 bits per heavy atom. The SMILES string of the molecule is CCCCC(C)(C)C(=O)Nc1ncc(COC(=O)C(C)C)o1. The highest BCUT2D eigenvalue weighted by Crippen LogP contribution is 2.25. The Hall–Kier alpha value is -1.85. The van der Waals surface area contributed by atoms with Crippen LogP contribution in [0.5, 0.6) is 0 Å². The predicted molar refractivity (Wildman–Crippen MR) is 83.1 cm³/mol. The van der Waals surface area contributed by atoms with Crippen molar-refractivity contribution in [2.75, 3.05) is 5.32 Å². The molecule has 1 aromatic rings. The van der Waals surface area contributed by atoms with Gasteiger partial charge in [0, 0.05) is 5.41 Å². The summed E-state index contributed by atoms with van der Waals surface area (Å²) in [7, 11) is 0. The Morgan fingerprint density at radius 3 is 2.68 bits per heavy atom. The van der Waals surface area contributed by atoms with Gasteiger partial charge in [-0.2, -0.15) is 0 Å². The maximum absolute atomic E-state index is 12.2. The molecule has 6 nitrogen and oxygen atoms in total. The molecular formula is C16H26N2O4. The van der Waals surface area contributed by atoms with Crippen LogP contribution in [0.15, 0.2) is 10.6 Å². The van der Waals surface area contributed by atoms with Gasteiger partial charge in [0.25, 0.3) is 0 Å². The molecule has 0 radical (unpaired) electrons. The van der Waals surface area contributed by atoms with Crippen molar-refractivity contribution in [1.82, 2.24) is 4.98 Å². The molecule has 0 bridgehead atoms. The van der Waals surface area contributed by atoms with Crippen LogP contribution in [0, 0.1) is 11.3 Å². The lowest BCUT2D eigenvalue weighted by Crippen LogP contribution is -2.30. The fraction of sp³-hybridized carbons (Fsp3) is 0.688. The van der Waals surface area contributed by atoms with Gasteiger partial charge in [-0.05, 0) is 6.42 Å². The number of unbranched alkanes of at least 4 members (excludes halogenated alkanes) is 1. The van der Waals surface area contributed by atoms with Crippen molar-refractivity contribution >= 4 is 17.9 Å². The van der Waals surface area contributed by atoms with E-state index in [-0.39, 0.29) is 30.4 Å². The number of nitrogens with zero attached hydrogens (tertiary/aromatic N) is 1. The van der Waals surface area contributed by atoms with E-state index in [1.807, 2.05) is 13.8 Å². The molecule has 1 rings (SSSR count). The molecule has 1 amide bonds. The predicted octanol–water partition coefficient (Wildman–Crippen LogP) is 3.53. The molecule has 0 spiro atoms. The number of aromatic nitrogens is 1. The van der Waals surface area contributed by atoms with Gasteiger partial charge in [0.05, 0.1) is 12.1 Å². The summed E-state index contributed by atoms with van der Waals surface area (Å²) >= 11 is 0. The van der Waals surface area contributed by atoms with Gasteiger partial charge >= 0.3 is 12.0 Å². The topological polar surface area (TPSA) is 81.4 Å². The normalized spacial score (nSPS) is 11.5. The summed E-state index contributed by atoms with van der Waals surface area (Å²) < 4.78 is 10.4. The van der Waals surface area contributed by atoms with Gasteiger partial charge < -0.3 is 9.15 Å². The highest BCUT2D eigenvalue weighted by atomic mass is 16.5. The second-order valence-corrected chi connectivity index (χ2v) is 6.34. The lowest BCUT2D eigenvalue weighted by atomic mass is 9.86. The number of ether oxygens (including phenoxy) is 1. The summed E-state index contributed by atoms with van der Waals surface area (Å²) in [4.78, 5) is 27.6. The second kappa shape index (κ2) is 7.96. The van der Waals surface area contributed by atoms with Gasteiger partial charge in [-0.3, -0.25) is 14.9 Å². The van der Waals surface area contributed by atoms with Crippen molar-refractivity contribution in [2.24, 2.45) is 11.3 Å². The van der Waals surface area contributed by atoms with Crippen LogP contribution >= 0.6 is 0 Å². The third-order valence-electron chi connectivity index (χ3n) is 3.37. The lowest BCUT2D eigenvalue weighted by Gasteiger charge is -2.22. The number of esters is 1. The molecule has 22 heavy (non-hydrogen) atoms. The zero-order valence-electron chi connectivity index (χ0n) is 14.1. The quantitative estimate of drug-likeness (QED) is 0.743. The number of oxazole rings is 1. The zero-order valence-corrected chi connectivity index (χ0v) is 14.1. The minimum atomic E-state index is -0.477. The van der Waals surface area contributed by atoms with Crippen LogP contribution in [0.2, 0.25) is 0 Å². The number of hydrogen-bond acceptors (Lipinski definition) is 5. The fourth-order valence-corrected chi connectivity index (χ4v) is 1.74. The molecule has 0 aliphatic heterocycles. The fourth-order valence-electron chi connectivity index (χ4n) is 1.74. The van der Waals surface area contributed by atoms with Crippen molar-refractivity contribution < 1.29 is 18.7 Å². The highest BCUT2D eigenvalue weighted by molar-refractivity contribution is 5.93. The average molecular weight is 310 g/mol. The molecular weight excluding hydrogens is 284 g/mol. The average Bonchev–Trinajstić information content (AvgIpc) is 2.89. The zero-order chi connectivity index (χ0) is 16.8. The highest BCUT2D eigenvalue weighted by Gasteiger charge is 2.28. The van der Waals surface area contributed by atoms with Crippen LogP contribution in [0.25, 0.3) is 0 Å². The van der Waals surface area contributed by atoms with Crippen molar-refractivity contribution in [2.45, 2.75) is 60.5 Å². The summed E-state index contributed by atoms with van der Waals surface area (Å²) in [6.07, 6.45) is 4.28. The molecule has 0 aliphatic rings. The van der Waals surface area contributed by atoms with E-state index >= 15 is 0 Å². The number of nitrogens with one attached hydrogen (secondary N) is 1. The minimum Gasteiger partial charge on any atom is -0.457 e. The van der Waals surface area contributed by atoms with E-state index < -0.39 is 5.41 Å². The third-order valence-corrected chi connectivity index (χ3v) is 3.37. The van der Waals surface area contributed by atoms with E-state index in [9.17, 15) is 9.59 Å². The number of carbonyl (C=O) groups excluding carboxylic acids is 2. The number of anilines is 1. The van der Waals surface area contributed by atoms with Crippen LogP contribution in [-0.2, 0) is 20.9 Å². The number of hydrogen-bond donors (Lipinski definition) is 1. The van der Waals surface area contributed by atoms with Gasteiger partial charge in [0.15, 0.2) is 12.4 Å². The van der Waals surface area contributed by atoms with E-state index in [2.05, 4.69) is 17.2 Å². The first-order chi connectivity index (χ1) is 10.3. The third kappa shape index (κ3) is 5.50. The molecule has 0 saturated carbocycles. The van der Waals surface area contributed by atoms with E-state index in [0.29, 0.717) is 5.76 Å². The first-order valence-electron chi connectivity index (χ1n) is 7.69. The van der Waals surface area contributed by atoms with Gasteiger partial charge in [-0.1, -0.05) is 47.5 Å². The summed E-state index contributed by atoms with van der Waals surface area (Å²) in [5.41, 5.74) is -0.477. The van der Waals surface area contributed by atoms with Crippen molar-refractivity contribution in [1.29, 1.82) is 0 Å². The molecule has 0 unspecified atom stereocenters. The largest absolute Gasteiger partial charge is 0.457 e. The van der Waals surface area contributed by atoms with Crippen molar-refractivity contribution in [3.63, 3.8) is 0 Å². The van der Waals surface area contributed by atoms with E-state index in [1.54, 1.807) is 13.8 Å². The van der Waals surface area contributed by atoms with E-state index in [1.165, 1.54) is 6.20 Å². The smallest absolute Gasteiger partial charge is 0.308 e.